The molecule has 1 aliphatic carbocycles. The molecule has 1 heterocycles. The Morgan fingerprint density at radius 2 is 1.95 bits per heavy atom. The molecule has 1 saturated carbocycles. The van der Waals surface area contributed by atoms with Crippen LogP contribution in [-0.4, -0.2) is 43.3 Å². The van der Waals surface area contributed by atoms with E-state index in [2.05, 4.69) is 18.9 Å². The van der Waals surface area contributed by atoms with Gasteiger partial charge in [-0.3, -0.25) is 0 Å². The van der Waals surface area contributed by atoms with Crippen LogP contribution in [0.1, 0.15) is 64.7 Å². The number of hydrogen-bond donors (Lipinski definition) is 1. The third kappa shape index (κ3) is 4.19. The van der Waals surface area contributed by atoms with Gasteiger partial charge in [-0.2, -0.15) is 0 Å². The van der Waals surface area contributed by atoms with E-state index in [1.807, 2.05) is 0 Å². The van der Waals surface area contributed by atoms with E-state index in [9.17, 15) is 0 Å². The van der Waals surface area contributed by atoms with Crippen LogP contribution in [-0.2, 0) is 4.74 Å². The van der Waals surface area contributed by atoms with Crippen LogP contribution in [0.3, 0.4) is 0 Å². The molecule has 0 amide bonds. The molecule has 0 bridgehead atoms. The average molecular weight is 282 g/mol. The van der Waals surface area contributed by atoms with Gasteiger partial charge in [0.25, 0.3) is 0 Å². The number of piperidine rings is 1. The Bertz CT molecular complexity index is 274. The first-order chi connectivity index (χ1) is 9.69. The number of ether oxygens (including phenoxy) is 1. The Kier molecular flexibility index (Phi) is 6.31. The summed E-state index contributed by atoms with van der Waals surface area (Å²) in [6, 6.07) is 0.727. The number of rotatable bonds is 6. The van der Waals surface area contributed by atoms with Gasteiger partial charge in [-0.25, -0.2) is 0 Å². The molecule has 118 valence electrons. The summed E-state index contributed by atoms with van der Waals surface area (Å²) in [5.41, 5.74) is 6.04. The summed E-state index contributed by atoms with van der Waals surface area (Å²) in [5, 5.41) is 0. The third-order valence-corrected chi connectivity index (χ3v) is 5.75. The number of nitrogens with two attached hydrogens (primary N) is 1. The molecule has 2 rings (SSSR count). The molecule has 0 radical (unpaired) electrons. The Hall–Kier alpha value is -0.120. The van der Waals surface area contributed by atoms with Gasteiger partial charge in [0.2, 0.25) is 0 Å². The van der Waals surface area contributed by atoms with Crippen LogP contribution in [0.25, 0.3) is 0 Å². The Balaban J connectivity index is 1.73. The lowest BCUT2D eigenvalue weighted by Gasteiger charge is -2.40. The summed E-state index contributed by atoms with van der Waals surface area (Å²) < 4.78 is 6.31. The molecule has 20 heavy (non-hydrogen) atoms. The first-order valence-electron chi connectivity index (χ1n) is 8.73. The molecule has 0 aromatic heterocycles. The highest BCUT2D eigenvalue weighted by Crippen LogP contribution is 2.36. The van der Waals surface area contributed by atoms with Gasteiger partial charge in [0.05, 0.1) is 5.60 Å². The van der Waals surface area contributed by atoms with E-state index in [-0.39, 0.29) is 5.60 Å². The Morgan fingerprint density at radius 3 is 2.55 bits per heavy atom. The standard InChI is InChI=1S/C17H34N2O/c1-3-15-7-10-17(14-18,11-8-15)20-13-9-16-6-4-5-12-19(16)2/h15-16H,3-14,18H2,1-2H3. The fourth-order valence-electron chi connectivity index (χ4n) is 3.94. The van der Waals surface area contributed by atoms with Gasteiger partial charge in [-0.1, -0.05) is 19.8 Å². The van der Waals surface area contributed by atoms with Gasteiger partial charge in [0, 0.05) is 19.2 Å². The van der Waals surface area contributed by atoms with E-state index in [1.165, 1.54) is 64.3 Å². The molecule has 0 aromatic carbocycles. The molecule has 3 heteroatoms. The zero-order valence-electron chi connectivity index (χ0n) is 13.6. The maximum absolute atomic E-state index is 6.31. The monoisotopic (exact) mass is 282 g/mol. The van der Waals surface area contributed by atoms with E-state index >= 15 is 0 Å². The van der Waals surface area contributed by atoms with Crippen molar-refractivity contribution in [3.63, 3.8) is 0 Å². The summed E-state index contributed by atoms with van der Waals surface area (Å²) in [6.07, 6.45) is 11.5. The van der Waals surface area contributed by atoms with E-state index in [0.29, 0.717) is 6.54 Å². The van der Waals surface area contributed by atoms with Crippen molar-refractivity contribution in [1.82, 2.24) is 4.90 Å². The second kappa shape index (κ2) is 7.77. The van der Waals surface area contributed by atoms with E-state index in [0.717, 1.165) is 18.6 Å². The largest absolute Gasteiger partial charge is 0.374 e. The highest BCUT2D eigenvalue weighted by molar-refractivity contribution is 4.88. The van der Waals surface area contributed by atoms with Crippen molar-refractivity contribution in [1.29, 1.82) is 0 Å². The molecule has 1 saturated heterocycles. The maximum atomic E-state index is 6.31. The van der Waals surface area contributed by atoms with Crippen molar-refractivity contribution in [3.05, 3.63) is 0 Å². The quantitative estimate of drug-likeness (QED) is 0.813. The molecule has 2 aliphatic rings. The Labute approximate surface area is 125 Å². The number of hydrogen-bond acceptors (Lipinski definition) is 3. The lowest BCUT2D eigenvalue weighted by Crippen LogP contribution is -2.45. The van der Waals surface area contributed by atoms with Gasteiger partial charge in [0.15, 0.2) is 0 Å². The summed E-state index contributed by atoms with van der Waals surface area (Å²) in [6.45, 7) is 5.15. The summed E-state index contributed by atoms with van der Waals surface area (Å²) >= 11 is 0. The molecule has 0 spiro atoms. The first kappa shape index (κ1) is 16.3. The topological polar surface area (TPSA) is 38.5 Å². The molecule has 2 N–H and O–H groups in total. The van der Waals surface area contributed by atoms with E-state index < -0.39 is 0 Å². The lowest BCUT2D eigenvalue weighted by molar-refractivity contribution is -0.0775. The Morgan fingerprint density at radius 1 is 1.20 bits per heavy atom. The predicted molar refractivity (Wildman–Crippen MR) is 84.9 cm³/mol. The van der Waals surface area contributed by atoms with E-state index in [1.54, 1.807) is 0 Å². The minimum Gasteiger partial charge on any atom is -0.374 e. The normalized spacial score (nSPS) is 36.1. The van der Waals surface area contributed by atoms with Crippen LogP contribution in [0.2, 0.25) is 0 Å². The maximum Gasteiger partial charge on any atom is 0.0804 e. The minimum absolute atomic E-state index is 0.00108. The molecule has 2 fully saturated rings. The lowest BCUT2D eigenvalue weighted by atomic mass is 9.77. The molecular weight excluding hydrogens is 248 g/mol. The van der Waals surface area contributed by atoms with Gasteiger partial charge >= 0.3 is 0 Å². The van der Waals surface area contributed by atoms with Crippen molar-refractivity contribution >= 4 is 0 Å². The summed E-state index contributed by atoms with van der Waals surface area (Å²) in [7, 11) is 2.26. The zero-order valence-corrected chi connectivity index (χ0v) is 13.6. The molecule has 1 unspecified atom stereocenters. The van der Waals surface area contributed by atoms with Crippen LogP contribution >= 0.6 is 0 Å². The smallest absolute Gasteiger partial charge is 0.0804 e. The van der Waals surface area contributed by atoms with E-state index in [4.69, 9.17) is 10.5 Å². The van der Waals surface area contributed by atoms with Crippen LogP contribution < -0.4 is 5.73 Å². The van der Waals surface area contributed by atoms with Crippen molar-refractivity contribution in [2.75, 3.05) is 26.7 Å². The van der Waals surface area contributed by atoms with Crippen LogP contribution in [0, 0.1) is 5.92 Å². The summed E-state index contributed by atoms with van der Waals surface area (Å²) in [5.74, 6) is 0.905. The minimum atomic E-state index is -0.00108. The zero-order chi connectivity index (χ0) is 14.4. The van der Waals surface area contributed by atoms with Crippen LogP contribution in [0.5, 0.6) is 0 Å². The molecule has 3 nitrogen and oxygen atoms in total. The van der Waals surface area contributed by atoms with Crippen molar-refractivity contribution in [2.45, 2.75) is 76.4 Å². The van der Waals surface area contributed by atoms with Crippen molar-refractivity contribution < 1.29 is 4.74 Å². The van der Waals surface area contributed by atoms with Gasteiger partial charge in [0.1, 0.15) is 0 Å². The predicted octanol–water partition coefficient (Wildman–Crippen LogP) is 3.18. The highest BCUT2D eigenvalue weighted by atomic mass is 16.5. The molecule has 0 aromatic rings. The molecule has 1 aliphatic heterocycles. The number of nitrogens with zero attached hydrogens (tertiary/aromatic N) is 1. The second-order valence-corrected chi connectivity index (χ2v) is 7.01. The van der Waals surface area contributed by atoms with Crippen LogP contribution in [0.15, 0.2) is 0 Å². The fourth-order valence-corrected chi connectivity index (χ4v) is 3.94. The third-order valence-electron chi connectivity index (χ3n) is 5.75. The summed E-state index contributed by atoms with van der Waals surface area (Å²) in [4.78, 5) is 2.51. The van der Waals surface area contributed by atoms with Crippen molar-refractivity contribution in [2.24, 2.45) is 11.7 Å². The average Bonchev–Trinajstić information content (AvgIpc) is 2.50. The fraction of sp³-hybridized carbons (Fsp3) is 1.00. The first-order valence-corrected chi connectivity index (χ1v) is 8.73. The van der Waals surface area contributed by atoms with Crippen molar-refractivity contribution in [3.8, 4) is 0 Å². The SMILES string of the molecule is CCC1CCC(CN)(OCCC2CCCCN2C)CC1. The molecule has 1 atom stereocenters. The van der Waals surface area contributed by atoms with Crippen LogP contribution in [0.4, 0.5) is 0 Å². The van der Waals surface area contributed by atoms with Gasteiger partial charge in [-0.15, -0.1) is 0 Å². The van der Waals surface area contributed by atoms with Gasteiger partial charge in [-0.05, 0) is 64.5 Å². The number of likely N-dealkylation sites (tertiary alicyclic amines) is 1. The highest BCUT2D eigenvalue weighted by Gasteiger charge is 2.34. The van der Waals surface area contributed by atoms with Gasteiger partial charge < -0.3 is 15.4 Å². The second-order valence-electron chi connectivity index (χ2n) is 7.01. The molecular formula is C17H34N2O.